The number of nitrogens with one attached hydrogen (secondary N) is 2. The predicted octanol–water partition coefficient (Wildman–Crippen LogP) is 4.54. The molecule has 2 aromatic rings. The van der Waals surface area contributed by atoms with E-state index in [1.165, 1.54) is 12.1 Å². The van der Waals surface area contributed by atoms with E-state index in [1.807, 2.05) is 0 Å². The molecule has 1 heterocycles. The number of hydrogen-bond acceptors (Lipinski definition) is 3. The second-order valence-electron chi connectivity index (χ2n) is 5.15. The Morgan fingerprint density at radius 3 is 2.83 bits per heavy atom. The Hall–Kier alpha value is -2.14. The van der Waals surface area contributed by atoms with Crippen LogP contribution in [0.4, 0.5) is 15.9 Å². The zero-order valence-electron chi connectivity index (χ0n) is 12.9. The molecule has 1 aromatic carbocycles. The maximum atomic E-state index is 13.2. The highest BCUT2D eigenvalue weighted by atomic mass is 35.5. The molecular formula is C17H19ClFN3O. The number of amides is 1. The lowest BCUT2D eigenvalue weighted by Crippen LogP contribution is -2.24. The molecule has 1 aromatic heterocycles. The summed E-state index contributed by atoms with van der Waals surface area (Å²) in [6.07, 6.45) is 4.72. The number of unbranched alkanes of at least 4 members (excludes halogenated alkanes) is 2. The number of halogens is 2. The number of benzene rings is 1. The third-order valence-electron chi connectivity index (χ3n) is 3.28. The highest BCUT2D eigenvalue weighted by molar-refractivity contribution is 6.31. The molecule has 0 atom stereocenters. The molecule has 1 amide bonds. The molecule has 23 heavy (non-hydrogen) atoms. The van der Waals surface area contributed by atoms with Gasteiger partial charge in [0.25, 0.3) is 5.91 Å². The lowest BCUT2D eigenvalue weighted by atomic mass is 10.2. The molecule has 4 nitrogen and oxygen atoms in total. The normalized spacial score (nSPS) is 10.4. The van der Waals surface area contributed by atoms with Gasteiger partial charge in [0.05, 0.1) is 5.02 Å². The summed E-state index contributed by atoms with van der Waals surface area (Å²) in [6.45, 7) is 2.77. The van der Waals surface area contributed by atoms with E-state index in [0.717, 1.165) is 19.3 Å². The van der Waals surface area contributed by atoms with Crippen molar-refractivity contribution in [3.8, 4) is 0 Å². The van der Waals surface area contributed by atoms with Crippen LogP contribution >= 0.6 is 11.6 Å². The number of anilines is 2. The third kappa shape index (κ3) is 5.21. The number of carbonyl (C=O) groups excluding carboxylic acids is 1. The Labute approximate surface area is 140 Å². The summed E-state index contributed by atoms with van der Waals surface area (Å²) in [6, 6.07) is 7.59. The second kappa shape index (κ2) is 8.48. The van der Waals surface area contributed by atoms with Gasteiger partial charge in [-0.1, -0.05) is 31.4 Å². The lowest BCUT2D eigenvalue weighted by molar-refractivity contribution is 0.0953. The minimum absolute atomic E-state index is 0.0276. The Morgan fingerprint density at radius 2 is 2.09 bits per heavy atom. The summed E-state index contributed by atoms with van der Waals surface area (Å²) < 4.78 is 13.2. The molecule has 0 aliphatic carbocycles. The van der Waals surface area contributed by atoms with Gasteiger partial charge in [0.15, 0.2) is 0 Å². The number of rotatable bonds is 7. The van der Waals surface area contributed by atoms with Gasteiger partial charge in [-0.25, -0.2) is 9.37 Å². The van der Waals surface area contributed by atoms with Gasteiger partial charge in [-0.3, -0.25) is 4.79 Å². The van der Waals surface area contributed by atoms with E-state index >= 15 is 0 Å². The molecule has 0 radical (unpaired) electrons. The minimum Gasteiger partial charge on any atom is -0.352 e. The van der Waals surface area contributed by atoms with Gasteiger partial charge in [0.2, 0.25) is 0 Å². The SMILES string of the molecule is CCCCCNC(=O)c1ccnc(Nc2ccc(F)c(Cl)c2)c1. The summed E-state index contributed by atoms with van der Waals surface area (Å²) in [5.74, 6) is -0.122. The summed E-state index contributed by atoms with van der Waals surface area (Å²) in [7, 11) is 0. The summed E-state index contributed by atoms with van der Waals surface area (Å²) >= 11 is 5.75. The first-order valence-corrected chi connectivity index (χ1v) is 7.94. The molecule has 6 heteroatoms. The van der Waals surface area contributed by atoms with Crippen molar-refractivity contribution < 1.29 is 9.18 Å². The summed E-state index contributed by atoms with van der Waals surface area (Å²) in [5, 5.41) is 5.91. The Kier molecular flexibility index (Phi) is 6.35. The average molecular weight is 336 g/mol. The monoisotopic (exact) mass is 335 g/mol. The zero-order valence-corrected chi connectivity index (χ0v) is 13.7. The van der Waals surface area contributed by atoms with E-state index in [9.17, 15) is 9.18 Å². The molecule has 0 saturated heterocycles. The van der Waals surface area contributed by atoms with Crippen molar-refractivity contribution in [1.82, 2.24) is 10.3 Å². The zero-order chi connectivity index (χ0) is 16.7. The second-order valence-corrected chi connectivity index (χ2v) is 5.55. The number of carbonyl (C=O) groups is 1. The van der Waals surface area contributed by atoms with E-state index in [0.29, 0.717) is 23.6 Å². The first-order valence-electron chi connectivity index (χ1n) is 7.56. The van der Waals surface area contributed by atoms with E-state index in [4.69, 9.17) is 11.6 Å². The Morgan fingerprint density at radius 1 is 1.26 bits per heavy atom. The number of nitrogens with zero attached hydrogens (tertiary/aromatic N) is 1. The smallest absolute Gasteiger partial charge is 0.251 e. The third-order valence-corrected chi connectivity index (χ3v) is 3.57. The van der Waals surface area contributed by atoms with Crippen LogP contribution in [-0.4, -0.2) is 17.4 Å². The van der Waals surface area contributed by atoms with Crippen LogP contribution in [0, 0.1) is 5.82 Å². The van der Waals surface area contributed by atoms with Crippen LogP contribution in [0.2, 0.25) is 5.02 Å². The van der Waals surface area contributed by atoms with E-state index in [-0.39, 0.29) is 10.9 Å². The van der Waals surface area contributed by atoms with Gasteiger partial charge < -0.3 is 10.6 Å². The van der Waals surface area contributed by atoms with Crippen molar-refractivity contribution in [3.05, 3.63) is 52.9 Å². The van der Waals surface area contributed by atoms with Crippen LogP contribution in [0.25, 0.3) is 0 Å². The first-order chi connectivity index (χ1) is 11.1. The van der Waals surface area contributed by atoms with Gasteiger partial charge in [0, 0.05) is 24.0 Å². The standard InChI is InChI=1S/C17H19ClFN3O/c1-2-3-4-8-21-17(23)12-7-9-20-16(10-12)22-13-5-6-15(19)14(18)11-13/h5-7,9-11H,2-4,8H2,1H3,(H,20,22)(H,21,23). The van der Waals surface area contributed by atoms with Crippen LogP contribution in [0.1, 0.15) is 36.5 Å². The van der Waals surface area contributed by atoms with E-state index in [2.05, 4.69) is 22.5 Å². The van der Waals surface area contributed by atoms with Crippen LogP contribution in [0.3, 0.4) is 0 Å². The quantitative estimate of drug-likeness (QED) is 0.730. The van der Waals surface area contributed by atoms with Crippen molar-refractivity contribution in [2.75, 3.05) is 11.9 Å². The molecule has 0 fully saturated rings. The van der Waals surface area contributed by atoms with Gasteiger partial charge in [-0.15, -0.1) is 0 Å². The molecule has 0 spiro atoms. The summed E-state index contributed by atoms with van der Waals surface area (Å²) in [5.41, 5.74) is 1.12. The van der Waals surface area contributed by atoms with Crippen molar-refractivity contribution in [2.24, 2.45) is 0 Å². The molecule has 0 saturated carbocycles. The molecule has 0 bridgehead atoms. The fourth-order valence-corrected chi connectivity index (χ4v) is 2.22. The molecular weight excluding hydrogens is 317 g/mol. The molecule has 2 N–H and O–H groups in total. The first kappa shape index (κ1) is 17.2. The predicted molar refractivity (Wildman–Crippen MR) is 90.8 cm³/mol. The van der Waals surface area contributed by atoms with Gasteiger partial charge >= 0.3 is 0 Å². The van der Waals surface area contributed by atoms with E-state index in [1.54, 1.807) is 24.4 Å². The molecule has 0 aliphatic heterocycles. The fraction of sp³-hybridized carbons (Fsp3) is 0.294. The van der Waals surface area contributed by atoms with Crippen LogP contribution in [0.5, 0.6) is 0 Å². The van der Waals surface area contributed by atoms with Crippen molar-refractivity contribution in [3.63, 3.8) is 0 Å². The van der Waals surface area contributed by atoms with Crippen molar-refractivity contribution >= 4 is 29.0 Å². The Bertz CT molecular complexity index is 679. The maximum absolute atomic E-state index is 13.2. The van der Waals surface area contributed by atoms with Gasteiger partial charge in [0.1, 0.15) is 11.6 Å². The van der Waals surface area contributed by atoms with Crippen LogP contribution in [-0.2, 0) is 0 Å². The molecule has 0 aliphatic rings. The minimum atomic E-state index is -0.481. The highest BCUT2D eigenvalue weighted by Gasteiger charge is 2.07. The highest BCUT2D eigenvalue weighted by Crippen LogP contribution is 2.22. The molecule has 0 unspecified atom stereocenters. The number of aromatic nitrogens is 1. The van der Waals surface area contributed by atoms with Crippen molar-refractivity contribution in [2.45, 2.75) is 26.2 Å². The average Bonchev–Trinajstić information content (AvgIpc) is 2.55. The van der Waals surface area contributed by atoms with Crippen molar-refractivity contribution in [1.29, 1.82) is 0 Å². The van der Waals surface area contributed by atoms with Gasteiger partial charge in [-0.2, -0.15) is 0 Å². The molecule has 2 rings (SSSR count). The largest absolute Gasteiger partial charge is 0.352 e. The van der Waals surface area contributed by atoms with Crippen LogP contribution in [0.15, 0.2) is 36.5 Å². The Balaban J connectivity index is 2.01. The lowest BCUT2D eigenvalue weighted by Gasteiger charge is -2.09. The fourth-order valence-electron chi connectivity index (χ4n) is 2.04. The maximum Gasteiger partial charge on any atom is 0.251 e. The topological polar surface area (TPSA) is 54.0 Å². The number of hydrogen-bond donors (Lipinski definition) is 2. The van der Waals surface area contributed by atoms with Crippen LogP contribution < -0.4 is 10.6 Å². The number of pyridine rings is 1. The molecule has 122 valence electrons. The van der Waals surface area contributed by atoms with Gasteiger partial charge in [-0.05, 0) is 36.8 Å². The van der Waals surface area contributed by atoms with E-state index < -0.39 is 5.82 Å². The summed E-state index contributed by atoms with van der Waals surface area (Å²) in [4.78, 5) is 16.2.